The second-order valence-electron chi connectivity index (χ2n) is 4.77. The van der Waals surface area contributed by atoms with E-state index in [4.69, 9.17) is 5.11 Å². The summed E-state index contributed by atoms with van der Waals surface area (Å²) in [6, 6.07) is 1.10. The van der Waals surface area contributed by atoms with Crippen LogP contribution in [0, 0.1) is 13.8 Å². The number of carboxylic acid groups (broad SMARTS) is 1. The number of aromatic carboxylic acids is 1. The van der Waals surface area contributed by atoms with Crippen LogP contribution in [0.15, 0.2) is 12.3 Å². The van der Waals surface area contributed by atoms with E-state index < -0.39 is 12.0 Å². The Labute approximate surface area is 121 Å². The van der Waals surface area contributed by atoms with Gasteiger partial charge in [0.15, 0.2) is 0 Å². The Balaban J connectivity index is 1.99. The minimum absolute atomic E-state index is 0.0415. The lowest BCUT2D eigenvalue weighted by Crippen LogP contribution is -2.28. The second kappa shape index (κ2) is 5.70. The van der Waals surface area contributed by atoms with Crippen LogP contribution in [0.25, 0.3) is 0 Å². The van der Waals surface area contributed by atoms with Crippen molar-refractivity contribution in [3.8, 4) is 0 Å². The number of nitrogens with one attached hydrogen (secondary N) is 3. The number of anilines is 1. The number of nitrogens with zero attached hydrogens (tertiary/aromatic N) is 2. The van der Waals surface area contributed by atoms with E-state index in [2.05, 4.69) is 20.7 Å². The number of carboxylic acids is 1. The second-order valence-corrected chi connectivity index (χ2v) is 4.77. The first-order valence-electron chi connectivity index (χ1n) is 6.33. The summed E-state index contributed by atoms with van der Waals surface area (Å²) in [6.07, 6.45) is 1.82. The predicted molar refractivity (Wildman–Crippen MR) is 76.3 cm³/mol. The van der Waals surface area contributed by atoms with Gasteiger partial charge in [0.05, 0.1) is 11.4 Å². The molecule has 0 aliphatic carbocycles. The molecule has 0 saturated carbocycles. The quantitative estimate of drug-likeness (QED) is 0.681. The van der Waals surface area contributed by atoms with Crippen molar-refractivity contribution in [2.45, 2.75) is 20.4 Å². The van der Waals surface area contributed by atoms with Gasteiger partial charge in [-0.25, -0.2) is 9.59 Å². The standard InChI is InChI=1S/C13H17N5O3/c1-7-4-10(11(15-7)12(19)20)16-13(21)14-5-9-6-18(3)17-8(9)2/h4,6,15H,5H2,1-3H3,(H,19,20)(H2,14,16,21). The molecule has 0 fully saturated rings. The lowest BCUT2D eigenvalue weighted by Gasteiger charge is -2.06. The van der Waals surface area contributed by atoms with Crippen LogP contribution in [0.5, 0.6) is 0 Å². The Morgan fingerprint density at radius 2 is 2.14 bits per heavy atom. The molecule has 0 bridgehead atoms. The number of carbonyl (C=O) groups is 2. The Morgan fingerprint density at radius 1 is 1.43 bits per heavy atom. The summed E-state index contributed by atoms with van der Waals surface area (Å²) >= 11 is 0. The molecule has 0 aromatic carbocycles. The number of urea groups is 1. The number of hydrogen-bond donors (Lipinski definition) is 4. The predicted octanol–water partition coefficient (Wildman–Crippen LogP) is 1.38. The largest absolute Gasteiger partial charge is 0.477 e. The van der Waals surface area contributed by atoms with Crippen molar-refractivity contribution in [1.82, 2.24) is 20.1 Å². The molecule has 0 unspecified atom stereocenters. The molecule has 8 heteroatoms. The molecule has 2 rings (SSSR count). The molecule has 4 N–H and O–H groups in total. The van der Waals surface area contributed by atoms with E-state index in [0.29, 0.717) is 12.2 Å². The first kappa shape index (κ1) is 14.6. The van der Waals surface area contributed by atoms with E-state index >= 15 is 0 Å². The Kier molecular flexibility index (Phi) is 3.97. The highest BCUT2D eigenvalue weighted by Gasteiger charge is 2.15. The zero-order valence-corrected chi connectivity index (χ0v) is 12.0. The third-order valence-corrected chi connectivity index (χ3v) is 2.97. The van der Waals surface area contributed by atoms with Crippen molar-refractivity contribution in [3.63, 3.8) is 0 Å². The molecule has 2 heterocycles. The molecular formula is C13H17N5O3. The van der Waals surface area contributed by atoms with Gasteiger partial charge in [-0.3, -0.25) is 4.68 Å². The maximum absolute atomic E-state index is 11.8. The van der Waals surface area contributed by atoms with Crippen molar-refractivity contribution < 1.29 is 14.7 Å². The normalized spacial score (nSPS) is 10.4. The van der Waals surface area contributed by atoms with Crippen LogP contribution in [0.3, 0.4) is 0 Å². The molecule has 0 saturated heterocycles. The van der Waals surface area contributed by atoms with Crippen LogP contribution in [-0.2, 0) is 13.6 Å². The average Bonchev–Trinajstić information content (AvgIpc) is 2.89. The van der Waals surface area contributed by atoms with E-state index in [-0.39, 0.29) is 11.4 Å². The number of aryl methyl sites for hydroxylation is 3. The number of hydrogen-bond acceptors (Lipinski definition) is 3. The van der Waals surface area contributed by atoms with Gasteiger partial charge in [0.1, 0.15) is 5.69 Å². The van der Waals surface area contributed by atoms with Crippen molar-refractivity contribution in [2.75, 3.05) is 5.32 Å². The highest BCUT2D eigenvalue weighted by Crippen LogP contribution is 2.16. The maximum atomic E-state index is 11.8. The summed E-state index contributed by atoms with van der Waals surface area (Å²) in [5, 5.41) is 18.4. The molecule has 0 aliphatic rings. The van der Waals surface area contributed by atoms with E-state index in [1.165, 1.54) is 0 Å². The maximum Gasteiger partial charge on any atom is 0.354 e. The number of H-pyrrole nitrogens is 1. The fraction of sp³-hybridized carbons (Fsp3) is 0.308. The summed E-state index contributed by atoms with van der Waals surface area (Å²) in [7, 11) is 1.80. The molecule has 2 aromatic heterocycles. The van der Waals surface area contributed by atoms with Gasteiger partial charge in [-0.15, -0.1) is 0 Å². The molecule has 112 valence electrons. The van der Waals surface area contributed by atoms with Crippen LogP contribution in [-0.4, -0.2) is 31.9 Å². The molecule has 8 nitrogen and oxygen atoms in total. The summed E-state index contributed by atoms with van der Waals surface area (Å²) in [4.78, 5) is 25.5. The van der Waals surface area contributed by atoms with E-state index in [9.17, 15) is 9.59 Å². The van der Waals surface area contributed by atoms with Crippen LogP contribution >= 0.6 is 0 Å². The van der Waals surface area contributed by atoms with Gasteiger partial charge < -0.3 is 20.7 Å². The third kappa shape index (κ3) is 3.41. The van der Waals surface area contributed by atoms with Gasteiger partial charge in [-0.05, 0) is 19.9 Å². The molecule has 0 aliphatic heterocycles. The lowest BCUT2D eigenvalue weighted by molar-refractivity contribution is 0.0692. The highest BCUT2D eigenvalue weighted by molar-refractivity contribution is 5.99. The molecule has 0 spiro atoms. The molecule has 21 heavy (non-hydrogen) atoms. The van der Waals surface area contributed by atoms with Crippen molar-refractivity contribution in [3.05, 3.63) is 34.9 Å². The van der Waals surface area contributed by atoms with Gasteiger partial charge in [0.25, 0.3) is 0 Å². The number of aromatic amines is 1. The van der Waals surface area contributed by atoms with E-state index in [1.807, 2.05) is 13.1 Å². The third-order valence-electron chi connectivity index (χ3n) is 2.97. The summed E-state index contributed by atoms with van der Waals surface area (Å²) in [5.74, 6) is -1.12. The van der Waals surface area contributed by atoms with E-state index in [1.54, 1.807) is 24.7 Å². The summed E-state index contributed by atoms with van der Waals surface area (Å²) in [5.41, 5.74) is 2.59. The van der Waals surface area contributed by atoms with Gasteiger partial charge >= 0.3 is 12.0 Å². The van der Waals surface area contributed by atoms with Crippen molar-refractivity contribution >= 4 is 17.7 Å². The lowest BCUT2D eigenvalue weighted by atomic mass is 10.3. The van der Waals surface area contributed by atoms with Crippen LogP contribution in [0.4, 0.5) is 10.5 Å². The summed E-state index contributed by atoms with van der Waals surface area (Å²) < 4.78 is 1.67. The zero-order chi connectivity index (χ0) is 15.6. The minimum atomic E-state index is -1.12. The fourth-order valence-corrected chi connectivity index (χ4v) is 2.02. The number of amides is 2. The fourth-order valence-electron chi connectivity index (χ4n) is 2.02. The van der Waals surface area contributed by atoms with Gasteiger partial charge in [-0.2, -0.15) is 5.10 Å². The van der Waals surface area contributed by atoms with Crippen molar-refractivity contribution in [2.24, 2.45) is 7.05 Å². The van der Waals surface area contributed by atoms with Crippen molar-refractivity contribution in [1.29, 1.82) is 0 Å². The average molecular weight is 291 g/mol. The number of rotatable bonds is 4. The Hall–Kier alpha value is -2.77. The first-order valence-corrected chi connectivity index (χ1v) is 6.33. The Bertz CT molecular complexity index is 686. The van der Waals surface area contributed by atoms with Gasteiger partial charge in [-0.1, -0.05) is 0 Å². The molecule has 2 aromatic rings. The first-order chi connectivity index (χ1) is 9.86. The molecule has 0 radical (unpaired) electrons. The van der Waals surface area contributed by atoms with Gasteiger partial charge in [0.2, 0.25) is 0 Å². The van der Waals surface area contributed by atoms with Crippen LogP contribution in [0.2, 0.25) is 0 Å². The monoisotopic (exact) mass is 291 g/mol. The zero-order valence-electron chi connectivity index (χ0n) is 12.0. The number of aromatic nitrogens is 3. The number of carbonyl (C=O) groups excluding carboxylic acids is 1. The molecule has 0 atom stereocenters. The highest BCUT2D eigenvalue weighted by atomic mass is 16.4. The SMILES string of the molecule is Cc1cc(NC(=O)NCc2cn(C)nc2C)c(C(=O)O)[nH]1. The van der Waals surface area contributed by atoms with Gasteiger partial charge in [0, 0.05) is 31.0 Å². The van der Waals surface area contributed by atoms with Crippen LogP contribution < -0.4 is 10.6 Å². The van der Waals surface area contributed by atoms with E-state index in [0.717, 1.165) is 11.3 Å². The summed E-state index contributed by atoms with van der Waals surface area (Å²) in [6.45, 7) is 3.89. The smallest absolute Gasteiger partial charge is 0.354 e. The molecule has 2 amide bonds. The minimum Gasteiger partial charge on any atom is -0.477 e. The molecular weight excluding hydrogens is 274 g/mol. The Morgan fingerprint density at radius 3 is 2.71 bits per heavy atom. The van der Waals surface area contributed by atoms with Crippen LogP contribution in [0.1, 0.15) is 27.4 Å². The topological polar surface area (TPSA) is 112 Å².